The molecule has 0 fully saturated rings. The number of nitrogens with zero attached hydrogens (tertiary/aromatic N) is 1. The first-order valence-corrected chi connectivity index (χ1v) is 6.40. The minimum absolute atomic E-state index is 0.147. The summed E-state index contributed by atoms with van der Waals surface area (Å²) in [5.74, 6) is -0.683. The summed E-state index contributed by atoms with van der Waals surface area (Å²) >= 11 is 3.36. The molecule has 2 aromatic rings. The Kier molecular flexibility index (Phi) is 3.73. The normalized spacial score (nSPS) is 12.4. The van der Waals surface area contributed by atoms with E-state index < -0.39 is 12.0 Å². The first-order chi connectivity index (χ1) is 8.95. The number of benzene rings is 1. The monoisotopic (exact) mass is 324 g/mol. The second kappa shape index (κ2) is 5.14. The van der Waals surface area contributed by atoms with Gasteiger partial charge in [-0.3, -0.25) is 14.2 Å². The third kappa shape index (κ3) is 2.41. The van der Waals surface area contributed by atoms with E-state index in [0.717, 1.165) is 9.86 Å². The minimum atomic E-state index is -0.908. The van der Waals surface area contributed by atoms with Gasteiger partial charge in [0, 0.05) is 28.5 Å². The minimum Gasteiger partial charge on any atom is -0.468 e. The number of nitrogens with two attached hydrogens (primary N) is 1. The summed E-state index contributed by atoms with van der Waals surface area (Å²) in [6.07, 6.45) is 1.58. The molecule has 0 aliphatic carbocycles. The maximum absolute atomic E-state index is 11.6. The molecule has 19 heavy (non-hydrogen) atoms. The Balaban J connectivity index is 2.69. The summed E-state index contributed by atoms with van der Waals surface area (Å²) in [5, 5.41) is 0.760. The molecular formula is C13H13BrN2O3. The highest BCUT2D eigenvalue weighted by atomic mass is 79.9. The molecule has 0 spiro atoms. The standard InChI is InChI=1S/C13H13BrN2O3/c1-7(17)16-6-10(12(15)13(18)19-2)9-4-3-8(14)5-11(9)16/h3-6,12H,15H2,1-2H3. The quantitative estimate of drug-likeness (QED) is 0.860. The summed E-state index contributed by atoms with van der Waals surface area (Å²) < 4.78 is 6.96. The Morgan fingerprint density at radius 2 is 2.11 bits per heavy atom. The number of rotatable bonds is 2. The molecule has 6 heteroatoms. The first-order valence-electron chi connectivity index (χ1n) is 5.60. The van der Waals surface area contributed by atoms with Crippen LogP contribution < -0.4 is 5.73 Å². The molecule has 2 rings (SSSR count). The Morgan fingerprint density at radius 1 is 1.42 bits per heavy atom. The molecule has 1 aromatic heterocycles. The van der Waals surface area contributed by atoms with Crippen molar-refractivity contribution in [2.24, 2.45) is 5.73 Å². The molecule has 0 aliphatic rings. The maximum atomic E-state index is 11.6. The number of aromatic nitrogens is 1. The van der Waals surface area contributed by atoms with Crippen molar-refractivity contribution in [1.29, 1.82) is 0 Å². The lowest BCUT2D eigenvalue weighted by Gasteiger charge is -2.07. The molecule has 1 unspecified atom stereocenters. The summed E-state index contributed by atoms with van der Waals surface area (Å²) in [6, 6.07) is 4.55. The van der Waals surface area contributed by atoms with E-state index in [1.165, 1.54) is 18.6 Å². The van der Waals surface area contributed by atoms with Crippen LogP contribution in [0.5, 0.6) is 0 Å². The summed E-state index contributed by atoms with van der Waals surface area (Å²) in [6.45, 7) is 1.45. The van der Waals surface area contributed by atoms with Gasteiger partial charge in [0.1, 0.15) is 6.04 Å². The molecule has 0 saturated carbocycles. The van der Waals surface area contributed by atoms with Crippen molar-refractivity contribution in [2.75, 3.05) is 7.11 Å². The molecule has 1 heterocycles. The van der Waals surface area contributed by atoms with E-state index >= 15 is 0 Å². The molecule has 2 N–H and O–H groups in total. The summed E-state index contributed by atoms with van der Waals surface area (Å²) in [7, 11) is 1.28. The van der Waals surface area contributed by atoms with Gasteiger partial charge in [-0.15, -0.1) is 0 Å². The van der Waals surface area contributed by atoms with E-state index in [-0.39, 0.29) is 5.91 Å². The smallest absolute Gasteiger partial charge is 0.327 e. The van der Waals surface area contributed by atoms with Crippen LogP contribution in [0.3, 0.4) is 0 Å². The van der Waals surface area contributed by atoms with Gasteiger partial charge in [-0.05, 0) is 12.1 Å². The van der Waals surface area contributed by atoms with Crippen LogP contribution in [0, 0.1) is 0 Å². The zero-order valence-corrected chi connectivity index (χ0v) is 12.1. The molecule has 5 nitrogen and oxygen atoms in total. The van der Waals surface area contributed by atoms with Gasteiger partial charge in [0.15, 0.2) is 0 Å². The van der Waals surface area contributed by atoms with Gasteiger partial charge >= 0.3 is 5.97 Å². The SMILES string of the molecule is COC(=O)C(N)c1cn(C(C)=O)c2cc(Br)ccc12. The van der Waals surface area contributed by atoms with Crippen molar-refractivity contribution in [3.63, 3.8) is 0 Å². The predicted octanol–water partition coefficient (Wildman–Crippen LogP) is 2.24. The van der Waals surface area contributed by atoms with Crippen LogP contribution in [-0.2, 0) is 9.53 Å². The van der Waals surface area contributed by atoms with Crippen molar-refractivity contribution in [1.82, 2.24) is 4.57 Å². The van der Waals surface area contributed by atoms with E-state index in [2.05, 4.69) is 20.7 Å². The lowest BCUT2D eigenvalue weighted by Crippen LogP contribution is -2.22. The third-order valence-electron chi connectivity index (χ3n) is 2.93. The van der Waals surface area contributed by atoms with Crippen LogP contribution in [0.15, 0.2) is 28.9 Å². The maximum Gasteiger partial charge on any atom is 0.327 e. The highest BCUT2D eigenvalue weighted by Gasteiger charge is 2.22. The Labute approximate surface area is 118 Å². The average Bonchev–Trinajstić information content (AvgIpc) is 2.75. The Bertz CT molecular complexity index is 663. The van der Waals surface area contributed by atoms with E-state index in [1.54, 1.807) is 6.20 Å². The van der Waals surface area contributed by atoms with Crippen LogP contribution in [0.4, 0.5) is 0 Å². The number of ether oxygens (including phenoxy) is 1. The largest absolute Gasteiger partial charge is 0.468 e. The number of halogens is 1. The molecule has 0 aliphatic heterocycles. The number of carbonyl (C=O) groups excluding carboxylic acids is 2. The van der Waals surface area contributed by atoms with E-state index in [1.807, 2.05) is 18.2 Å². The van der Waals surface area contributed by atoms with Crippen molar-refractivity contribution in [3.05, 3.63) is 34.4 Å². The molecule has 0 bridgehead atoms. The topological polar surface area (TPSA) is 74.3 Å². The van der Waals surface area contributed by atoms with Crippen LogP contribution in [0.25, 0.3) is 10.9 Å². The van der Waals surface area contributed by atoms with Gasteiger partial charge in [0.05, 0.1) is 12.6 Å². The fourth-order valence-electron chi connectivity index (χ4n) is 1.99. The number of carbonyl (C=O) groups is 2. The highest BCUT2D eigenvalue weighted by Crippen LogP contribution is 2.28. The Hall–Kier alpha value is -1.66. The number of hydrogen-bond acceptors (Lipinski definition) is 4. The fraction of sp³-hybridized carbons (Fsp3) is 0.231. The first kappa shape index (κ1) is 13.8. The highest BCUT2D eigenvalue weighted by molar-refractivity contribution is 9.10. The lowest BCUT2D eigenvalue weighted by molar-refractivity contribution is -0.142. The van der Waals surface area contributed by atoms with Crippen molar-refractivity contribution in [2.45, 2.75) is 13.0 Å². The molecule has 0 amide bonds. The number of esters is 1. The van der Waals surface area contributed by atoms with Crippen molar-refractivity contribution < 1.29 is 14.3 Å². The zero-order valence-electron chi connectivity index (χ0n) is 10.5. The van der Waals surface area contributed by atoms with Crippen LogP contribution in [0.1, 0.15) is 23.3 Å². The molecule has 1 aromatic carbocycles. The van der Waals surface area contributed by atoms with Crippen LogP contribution >= 0.6 is 15.9 Å². The molecule has 0 saturated heterocycles. The second-order valence-corrected chi connectivity index (χ2v) is 5.05. The average molecular weight is 325 g/mol. The van der Waals surface area contributed by atoms with Crippen LogP contribution in [0.2, 0.25) is 0 Å². The van der Waals surface area contributed by atoms with Gasteiger partial charge < -0.3 is 10.5 Å². The van der Waals surface area contributed by atoms with E-state index in [4.69, 9.17) is 5.73 Å². The predicted molar refractivity (Wildman–Crippen MR) is 74.9 cm³/mol. The molecular weight excluding hydrogens is 312 g/mol. The number of methoxy groups -OCH3 is 1. The third-order valence-corrected chi connectivity index (χ3v) is 3.42. The van der Waals surface area contributed by atoms with E-state index in [9.17, 15) is 9.59 Å². The van der Waals surface area contributed by atoms with Gasteiger partial charge in [0.2, 0.25) is 5.91 Å². The van der Waals surface area contributed by atoms with Crippen LogP contribution in [-0.4, -0.2) is 23.6 Å². The molecule has 100 valence electrons. The Morgan fingerprint density at radius 3 is 2.68 bits per heavy atom. The lowest BCUT2D eigenvalue weighted by atomic mass is 10.1. The molecule has 1 atom stereocenters. The second-order valence-electron chi connectivity index (χ2n) is 4.14. The molecule has 0 radical (unpaired) electrons. The zero-order chi connectivity index (χ0) is 14.2. The fourth-order valence-corrected chi connectivity index (χ4v) is 2.34. The van der Waals surface area contributed by atoms with Crippen molar-refractivity contribution >= 4 is 38.7 Å². The van der Waals surface area contributed by atoms with Gasteiger partial charge in [0.25, 0.3) is 0 Å². The number of fused-ring (bicyclic) bond motifs is 1. The summed E-state index contributed by atoms with van der Waals surface area (Å²) in [5.41, 5.74) is 7.13. The number of hydrogen-bond donors (Lipinski definition) is 1. The van der Waals surface area contributed by atoms with Gasteiger partial charge in [-0.1, -0.05) is 22.0 Å². The van der Waals surface area contributed by atoms with Gasteiger partial charge in [-0.2, -0.15) is 0 Å². The van der Waals surface area contributed by atoms with E-state index in [0.29, 0.717) is 11.1 Å². The van der Waals surface area contributed by atoms with Gasteiger partial charge in [-0.25, -0.2) is 0 Å². The van der Waals surface area contributed by atoms with Crippen molar-refractivity contribution in [3.8, 4) is 0 Å². The summed E-state index contributed by atoms with van der Waals surface area (Å²) in [4.78, 5) is 23.2.